The summed E-state index contributed by atoms with van der Waals surface area (Å²) in [5.41, 5.74) is 3.26. The quantitative estimate of drug-likeness (QED) is 0.110. The van der Waals surface area contributed by atoms with E-state index in [2.05, 4.69) is 25.1 Å². The standard InChI is InChI=1S/C32H50N2O5/c1-5-6-9-12-26(35)17-15-24-16-18-29(33-37)27(24)13-10-7-8-11-14-32(36)34-20-19-25-21-30(38-3)31(39-4)22-28(25)23(34)2/h15,17,21-24,26-27,35,37H,5-14,16,18-20H2,1-4H3/b17-15+,33-29?/t23-,24-,26-,27+/m0/s1. The van der Waals surface area contributed by atoms with Crippen molar-refractivity contribution < 1.29 is 24.6 Å². The topological polar surface area (TPSA) is 91.6 Å². The SMILES string of the molecule is CCCCC[C@H](O)/C=C/[C@H]1CCC(=NO)[C@@H]1CCCCCCC(=O)N1CCc2cc(OC)c(OC)cc2[C@@H]1C. The Hall–Kier alpha value is -2.54. The van der Waals surface area contributed by atoms with Crippen molar-refractivity contribution in [2.24, 2.45) is 17.0 Å². The molecule has 0 saturated heterocycles. The minimum atomic E-state index is -0.384. The van der Waals surface area contributed by atoms with Crippen molar-refractivity contribution in [2.75, 3.05) is 20.8 Å². The first-order chi connectivity index (χ1) is 18.9. The van der Waals surface area contributed by atoms with E-state index in [0.717, 1.165) is 101 Å². The van der Waals surface area contributed by atoms with Crippen LogP contribution < -0.4 is 9.47 Å². The van der Waals surface area contributed by atoms with Crippen LogP contribution in [0.15, 0.2) is 29.4 Å². The molecule has 0 spiro atoms. The van der Waals surface area contributed by atoms with E-state index in [1.807, 2.05) is 23.1 Å². The molecule has 0 aromatic heterocycles. The number of unbranched alkanes of at least 4 members (excludes halogenated alkanes) is 5. The van der Waals surface area contributed by atoms with Crippen LogP contribution in [0.25, 0.3) is 0 Å². The molecule has 0 bridgehead atoms. The van der Waals surface area contributed by atoms with E-state index in [1.165, 1.54) is 5.56 Å². The summed E-state index contributed by atoms with van der Waals surface area (Å²) in [6, 6.07) is 4.08. The maximum atomic E-state index is 13.1. The lowest BCUT2D eigenvalue weighted by atomic mass is 9.89. The predicted octanol–water partition coefficient (Wildman–Crippen LogP) is 6.84. The molecule has 1 fully saturated rings. The van der Waals surface area contributed by atoms with Crippen LogP contribution in [0.3, 0.4) is 0 Å². The van der Waals surface area contributed by atoms with Crippen LogP contribution in [0.1, 0.15) is 108 Å². The molecule has 2 aliphatic rings. The highest BCUT2D eigenvalue weighted by Crippen LogP contribution is 2.38. The lowest BCUT2D eigenvalue weighted by molar-refractivity contribution is -0.133. The molecule has 218 valence electrons. The number of hydrogen-bond acceptors (Lipinski definition) is 6. The van der Waals surface area contributed by atoms with E-state index < -0.39 is 0 Å². The fraction of sp³-hybridized carbons (Fsp3) is 0.688. The monoisotopic (exact) mass is 542 g/mol. The minimum Gasteiger partial charge on any atom is -0.493 e. The average molecular weight is 543 g/mol. The molecule has 0 unspecified atom stereocenters. The van der Waals surface area contributed by atoms with Gasteiger partial charge >= 0.3 is 0 Å². The molecule has 1 aromatic rings. The lowest BCUT2D eigenvalue weighted by Gasteiger charge is -2.36. The number of oxime groups is 1. The Morgan fingerprint density at radius 1 is 1.10 bits per heavy atom. The molecule has 0 radical (unpaired) electrons. The number of aliphatic hydroxyl groups excluding tert-OH is 1. The second-order valence-corrected chi connectivity index (χ2v) is 11.2. The molecular weight excluding hydrogens is 492 g/mol. The maximum absolute atomic E-state index is 13.1. The predicted molar refractivity (Wildman–Crippen MR) is 156 cm³/mol. The van der Waals surface area contributed by atoms with Crippen molar-refractivity contribution in [3.8, 4) is 11.5 Å². The molecule has 4 atom stereocenters. The summed E-state index contributed by atoms with van der Waals surface area (Å²) in [7, 11) is 3.29. The Balaban J connectivity index is 1.41. The van der Waals surface area contributed by atoms with E-state index in [0.29, 0.717) is 18.1 Å². The zero-order chi connectivity index (χ0) is 28.2. The second kappa shape index (κ2) is 15.9. The Labute approximate surface area is 235 Å². The Morgan fingerprint density at radius 3 is 2.56 bits per heavy atom. The molecular formula is C32H50N2O5. The minimum absolute atomic E-state index is 0.0229. The third kappa shape index (κ3) is 8.47. The summed E-state index contributed by atoms with van der Waals surface area (Å²) < 4.78 is 10.9. The number of methoxy groups -OCH3 is 2. The summed E-state index contributed by atoms with van der Waals surface area (Å²) in [5, 5.41) is 23.4. The number of hydrogen-bond donors (Lipinski definition) is 2. The number of aliphatic hydroxyl groups is 1. The zero-order valence-corrected chi connectivity index (χ0v) is 24.5. The van der Waals surface area contributed by atoms with Crippen LogP contribution in [0.4, 0.5) is 0 Å². The van der Waals surface area contributed by atoms with Gasteiger partial charge in [0.05, 0.1) is 32.1 Å². The van der Waals surface area contributed by atoms with Gasteiger partial charge in [-0.3, -0.25) is 4.79 Å². The van der Waals surface area contributed by atoms with Crippen LogP contribution in [-0.4, -0.2) is 53.7 Å². The van der Waals surface area contributed by atoms with Crippen molar-refractivity contribution in [1.82, 2.24) is 4.90 Å². The molecule has 1 aliphatic heterocycles. The van der Waals surface area contributed by atoms with Gasteiger partial charge in [0.15, 0.2) is 11.5 Å². The van der Waals surface area contributed by atoms with Gasteiger partial charge in [-0.15, -0.1) is 0 Å². The Bertz CT molecular complexity index is 976. The van der Waals surface area contributed by atoms with Crippen molar-refractivity contribution in [3.05, 3.63) is 35.4 Å². The van der Waals surface area contributed by atoms with Crippen LogP contribution in [0.2, 0.25) is 0 Å². The first-order valence-corrected chi connectivity index (χ1v) is 15.0. The van der Waals surface area contributed by atoms with Crippen LogP contribution in [0.5, 0.6) is 11.5 Å². The molecule has 7 nitrogen and oxygen atoms in total. The average Bonchev–Trinajstić information content (AvgIpc) is 3.34. The number of carbonyl (C=O) groups is 1. The summed E-state index contributed by atoms with van der Waals surface area (Å²) >= 11 is 0. The molecule has 3 rings (SSSR count). The van der Waals surface area contributed by atoms with Gasteiger partial charge in [-0.25, -0.2) is 0 Å². The first-order valence-electron chi connectivity index (χ1n) is 15.0. The van der Waals surface area contributed by atoms with Gasteiger partial charge < -0.3 is 24.7 Å². The number of allylic oxidation sites excluding steroid dienone is 1. The van der Waals surface area contributed by atoms with Gasteiger partial charge in [0.25, 0.3) is 0 Å². The van der Waals surface area contributed by atoms with Gasteiger partial charge in [0, 0.05) is 18.9 Å². The van der Waals surface area contributed by atoms with Gasteiger partial charge in [0.2, 0.25) is 5.91 Å². The van der Waals surface area contributed by atoms with E-state index in [4.69, 9.17) is 9.47 Å². The maximum Gasteiger partial charge on any atom is 0.223 e. The van der Waals surface area contributed by atoms with E-state index in [-0.39, 0.29) is 24.0 Å². The Kier molecular flexibility index (Phi) is 12.6. The lowest BCUT2D eigenvalue weighted by Crippen LogP contribution is -2.38. The first kappa shape index (κ1) is 31.0. The summed E-state index contributed by atoms with van der Waals surface area (Å²) in [6.45, 7) is 5.00. The third-order valence-corrected chi connectivity index (χ3v) is 8.65. The van der Waals surface area contributed by atoms with Gasteiger partial charge in [-0.05, 0) is 74.6 Å². The fourth-order valence-electron chi connectivity index (χ4n) is 6.28. The van der Waals surface area contributed by atoms with Gasteiger partial charge in [0.1, 0.15) is 0 Å². The molecule has 1 heterocycles. The molecule has 1 aliphatic carbocycles. The zero-order valence-electron chi connectivity index (χ0n) is 24.5. The third-order valence-electron chi connectivity index (χ3n) is 8.65. The summed E-state index contributed by atoms with van der Waals surface area (Å²) in [6.07, 6.45) is 16.1. The van der Waals surface area contributed by atoms with Crippen LogP contribution in [-0.2, 0) is 11.2 Å². The van der Waals surface area contributed by atoms with Crippen molar-refractivity contribution >= 4 is 11.6 Å². The smallest absolute Gasteiger partial charge is 0.223 e. The molecule has 1 saturated carbocycles. The normalized spacial score (nSPS) is 22.8. The van der Waals surface area contributed by atoms with Crippen LogP contribution in [0, 0.1) is 11.8 Å². The highest BCUT2D eigenvalue weighted by atomic mass is 16.5. The number of benzene rings is 1. The number of carbonyl (C=O) groups excluding carboxylic acids is 1. The van der Waals surface area contributed by atoms with E-state index in [1.54, 1.807) is 14.2 Å². The molecule has 1 amide bonds. The summed E-state index contributed by atoms with van der Waals surface area (Å²) in [4.78, 5) is 15.1. The van der Waals surface area contributed by atoms with Gasteiger partial charge in [-0.1, -0.05) is 62.8 Å². The second-order valence-electron chi connectivity index (χ2n) is 11.2. The largest absolute Gasteiger partial charge is 0.493 e. The van der Waals surface area contributed by atoms with Crippen molar-refractivity contribution in [2.45, 2.75) is 109 Å². The molecule has 7 heteroatoms. The number of fused-ring (bicyclic) bond motifs is 1. The Morgan fingerprint density at radius 2 is 1.85 bits per heavy atom. The van der Waals surface area contributed by atoms with Crippen molar-refractivity contribution in [1.29, 1.82) is 0 Å². The number of nitrogens with zero attached hydrogens (tertiary/aromatic N) is 2. The summed E-state index contributed by atoms with van der Waals surface area (Å²) in [5.74, 6) is 2.24. The van der Waals surface area contributed by atoms with E-state index >= 15 is 0 Å². The van der Waals surface area contributed by atoms with E-state index in [9.17, 15) is 15.1 Å². The number of rotatable bonds is 15. The fourth-order valence-corrected chi connectivity index (χ4v) is 6.28. The highest BCUT2D eigenvalue weighted by molar-refractivity contribution is 5.88. The van der Waals surface area contributed by atoms with Crippen LogP contribution >= 0.6 is 0 Å². The van der Waals surface area contributed by atoms with Gasteiger partial charge in [-0.2, -0.15) is 0 Å². The van der Waals surface area contributed by atoms with Crippen molar-refractivity contribution in [3.63, 3.8) is 0 Å². The number of ether oxygens (including phenoxy) is 2. The molecule has 1 aromatic carbocycles. The number of amides is 1. The highest BCUT2D eigenvalue weighted by Gasteiger charge is 2.32. The molecule has 39 heavy (non-hydrogen) atoms. The molecule has 2 N–H and O–H groups in total.